The molecule has 7 nitrogen and oxygen atoms in total. The second kappa shape index (κ2) is 6.93. The van der Waals surface area contributed by atoms with Crippen molar-refractivity contribution in [3.63, 3.8) is 0 Å². The van der Waals surface area contributed by atoms with Gasteiger partial charge in [0, 0.05) is 30.4 Å². The zero-order valence-electron chi connectivity index (χ0n) is 14.6. The smallest absolute Gasteiger partial charge is 0.432 e. The van der Waals surface area contributed by atoms with Crippen molar-refractivity contribution in [3.05, 3.63) is 36.4 Å². The number of piperidine rings is 1. The number of amides is 2. The maximum Gasteiger partial charge on any atom is 0.471 e. The fourth-order valence-electron chi connectivity index (χ4n) is 3.61. The standard InChI is InChI=1S/C18H17F3N4O3/c19-18(20,21)17(27)23-12-3-1-10(2-4-12)14-7-22-16(28-14)15(26)24-13-9-25-6-5-11(13)8-25/h1-4,7,11,13H,5-6,8-9H2,(H,23,27)(H,24,26)/t11-,13?/m0/s1. The second-order valence-corrected chi connectivity index (χ2v) is 6.95. The van der Waals surface area contributed by atoms with Crippen LogP contribution >= 0.6 is 0 Å². The van der Waals surface area contributed by atoms with Crippen LogP contribution in [-0.4, -0.2) is 53.6 Å². The van der Waals surface area contributed by atoms with Crippen molar-refractivity contribution in [1.82, 2.24) is 15.2 Å². The number of halogens is 3. The van der Waals surface area contributed by atoms with Gasteiger partial charge in [-0.25, -0.2) is 4.98 Å². The van der Waals surface area contributed by atoms with Crippen molar-refractivity contribution in [3.8, 4) is 11.3 Å². The number of hydrogen-bond donors (Lipinski definition) is 2. The number of rotatable bonds is 4. The van der Waals surface area contributed by atoms with Crippen LogP contribution in [0, 0.1) is 5.92 Å². The first-order valence-corrected chi connectivity index (χ1v) is 8.77. The predicted octanol–water partition coefficient (Wildman–Crippen LogP) is 2.28. The second-order valence-electron chi connectivity index (χ2n) is 6.95. The van der Waals surface area contributed by atoms with Crippen molar-refractivity contribution < 1.29 is 27.2 Å². The van der Waals surface area contributed by atoms with Crippen molar-refractivity contribution in [2.45, 2.75) is 18.6 Å². The third kappa shape index (κ3) is 3.72. The topological polar surface area (TPSA) is 87.5 Å². The van der Waals surface area contributed by atoms with Crippen LogP contribution in [0.25, 0.3) is 11.3 Å². The SMILES string of the molecule is O=C(NC1CN2CC[C@H]1C2)c1ncc(-c2ccc(NC(=O)C(F)(F)F)cc2)o1. The van der Waals surface area contributed by atoms with Gasteiger partial charge in [0.1, 0.15) is 0 Å². The molecule has 2 bridgehead atoms. The first kappa shape index (κ1) is 18.5. The normalized spacial score (nSPS) is 23.6. The molecule has 2 aliphatic rings. The quantitative estimate of drug-likeness (QED) is 0.831. The van der Waals surface area contributed by atoms with Crippen LogP contribution < -0.4 is 10.6 Å². The molecule has 148 valence electrons. The number of carbonyl (C=O) groups excluding carboxylic acids is 2. The first-order valence-electron chi connectivity index (χ1n) is 8.77. The summed E-state index contributed by atoms with van der Waals surface area (Å²) in [7, 11) is 0. The van der Waals surface area contributed by atoms with E-state index in [0.29, 0.717) is 17.2 Å². The highest BCUT2D eigenvalue weighted by molar-refractivity contribution is 5.95. The molecule has 1 aromatic carbocycles. The monoisotopic (exact) mass is 394 g/mol. The van der Waals surface area contributed by atoms with E-state index in [1.54, 1.807) is 5.32 Å². The third-order valence-corrected chi connectivity index (χ3v) is 5.03. The third-order valence-electron chi connectivity index (χ3n) is 5.03. The van der Waals surface area contributed by atoms with E-state index in [1.165, 1.54) is 30.5 Å². The number of benzene rings is 1. The molecule has 3 atom stereocenters. The molecule has 1 aromatic heterocycles. The minimum Gasteiger partial charge on any atom is -0.432 e. The van der Waals surface area contributed by atoms with E-state index in [0.717, 1.165) is 26.1 Å². The van der Waals surface area contributed by atoms with Crippen molar-refractivity contribution in [1.29, 1.82) is 0 Å². The van der Waals surface area contributed by atoms with Gasteiger partial charge in [-0.05, 0) is 43.1 Å². The highest BCUT2D eigenvalue weighted by Crippen LogP contribution is 2.28. The Morgan fingerprint density at radius 3 is 2.54 bits per heavy atom. The van der Waals surface area contributed by atoms with E-state index in [1.807, 2.05) is 0 Å². The summed E-state index contributed by atoms with van der Waals surface area (Å²) < 4.78 is 42.3. The maximum absolute atomic E-state index is 12.4. The Balaban J connectivity index is 1.39. The number of aromatic nitrogens is 1. The number of anilines is 1. The van der Waals surface area contributed by atoms with E-state index < -0.39 is 12.1 Å². The van der Waals surface area contributed by atoms with Crippen LogP contribution in [0.5, 0.6) is 0 Å². The summed E-state index contributed by atoms with van der Waals surface area (Å²) in [5.74, 6) is -1.74. The number of oxazole rings is 1. The summed E-state index contributed by atoms with van der Waals surface area (Å²) in [6.45, 7) is 2.90. The average Bonchev–Trinajstić information content (AvgIpc) is 3.38. The Bertz CT molecular complexity index is 894. The van der Waals surface area contributed by atoms with Crippen LogP contribution in [0.3, 0.4) is 0 Å². The van der Waals surface area contributed by atoms with Gasteiger partial charge in [0.2, 0.25) is 0 Å². The summed E-state index contributed by atoms with van der Waals surface area (Å²) in [6.07, 6.45) is -2.51. The maximum atomic E-state index is 12.4. The highest BCUT2D eigenvalue weighted by atomic mass is 19.4. The molecular weight excluding hydrogens is 377 g/mol. The summed E-state index contributed by atoms with van der Waals surface area (Å²) in [4.78, 5) is 29.6. The van der Waals surface area contributed by atoms with E-state index in [2.05, 4.69) is 15.2 Å². The molecule has 10 heteroatoms. The fourth-order valence-corrected chi connectivity index (χ4v) is 3.61. The Morgan fingerprint density at radius 1 is 1.18 bits per heavy atom. The van der Waals surface area contributed by atoms with Crippen molar-refractivity contribution in [2.24, 2.45) is 5.92 Å². The Kier molecular flexibility index (Phi) is 4.58. The summed E-state index contributed by atoms with van der Waals surface area (Å²) in [5, 5.41) is 4.70. The minimum absolute atomic E-state index is 0.00478. The number of alkyl halides is 3. The number of carbonyl (C=O) groups is 2. The Morgan fingerprint density at radius 2 is 1.93 bits per heavy atom. The van der Waals surface area contributed by atoms with E-state index in [4.69, 9.17) is 4.42 Å². The molecule has 2 amide bonds. The van der Waals surface area contributed by atoms with Gasteiger partial charge in [-0.3, -0.25) is 9.59 Å². The van der Waals surface area contributed by atoms with E-state index >= 15 is 0 Å². The van der Waals surface area contributed by atoms with Crippen LogP contribution in [0.15, 0.2) is 34.9 Å². The fraction of sp³-hybridized carbons (Fsp3) is 0.389. The molecule has 28 heavy (non-hydrogen) atoms. The van der Waals surface area contributed by atoms with Gasteiger partial charge in [0.15, 0.2) is 5.76 Å². The lowest BCUT2D eigenvalue weighted by Gasteiger charge is -2.22. The zero-order chi connectivity index (χ0) is 19.9. The van der Waals surface area contributed by atoms with Crippen molar-refractivity contribution >= 4 is 17.5 Å². The summed E-state index contributed by atoms with van der Waals surface area (Å²) in [5.41, 5.74) is 0.512. The van der Waals surface area contributed by atoms with Gasteiger partial charge in [-0.15, -0.1) is 0 Å². The van der Waals surface area contributed by atoms with E-state index in [9.17, 15) is 22.8 Å². The molecule has 2 N–H and O–H groups in total. The molecule has 0 saturated carbocycles. The molecule has 0 radical (unpaired) electrons. The lowest BCUT2D eigenvalue weighted by atomic mass is 10.0. The number of nitrogens with zero attached hydrogens (tertiary/aromatic N) is 2. The van der Waals surface area contributed by atoms with Crippen molar-refractivity contribution in [2.75, 3.05) is 25.0 Å². The van der Waals surface area contributed by atoms with Crippen LogP contribution in [0.1, 0.15) is 17.1 Å². The number of nitrogens with one attached hydrogen (secondary N) is 2. The number of hydrogen-bond acceptors (Lipinski definition) is 5. The van der Waals surface area contributed by atoms with Gasteiger partial charge in [-0.1, -0.05) is 0 Å². The number of fused-ring (bicyclic) bond motifs is 2. The Labute approximate surface area is 157 Å². The summed E-state index contributed by atoms with van der Waals surface area (Å²) >= 11 is 0. The highest BCUT2D eigenvalue weighted by Gasteiger charge is 2.39. The van der Waals surface area contributed by atoms with Gasteiger partial charge in [-0.2, -0.15) is 13.2 Å². The average molecular weight is 394 g/mol. The molecule has 2 fully saturated rings. The molecule has 3 heterocycles. The predicted molar refractivity (Wildman–Crippen MR) is 92.4 cm³/mol. The van der Waals surface area contributed by atoms with Gasteiger partial charge in [0.25, 0.3) is 5.89 Å². The van der Waals surface area contributed by atoms with E-state index in [-0.39, 0.29) is 23.5 Å². The zero-order valence-corrected chi connectivity index (χ0v) is 14.6. The van der Waals surface area contributed by atoms with Crippen LogP contribution in [0.2, 0.25) is 0 Å². The largest absolute Gasteiger partial charge is 0.471 e. The molecule has 2 saturated heterocycles. The molecule has 0 spiro atoms. The molecular formula is C18H17F3N4O3. The van der Waals surface area contributed by atoms with Crippen LogP contribution in [-0.2, 0) is 4.79 Å². The molecule has 2 aliphatic heterocycles. The van der Waals surface area contributed by atoms with Gasteiger partial charge in [0.05, 0.1) is 6.20 Å². The van der Waals surface area contributed by atoms with Crippen LogP contribution in [0.4, 0.5) is 18.9 Å². The minimum atomic E-state index is -4.96. The molecule has 2 aromatic rings. The summed E-state index contributed by atoms with van der Waals surface area (Å²) in [6, 6.07) is 5.65. The van der Waals surface area contributed by atoms with Gasteiger partial charge >= 0.3 is 18.0 Å². The lowest BCUT2D eigenvalue weighted by Crippen LogP contribution is -2.43. The molecule has 2 unspecified atom stereocenters. The molecule has 0 aliphatic carbocycles. The Hall–Kier alpha value is -2.88. The van der Waals surface area contributed by atoms with Gasteiger partial charge < -0.3 is 20.0 Å². The first-order chi connectivity index (χ1) is 13.3. The molecule has 4 rings (SSSR count). The lowest BCUT2D eigenvalue weighted by molar-refractivity contribution is -0.167.